The number of amides is 2. The average Bonchev–Trinajstić information content (AvgIpc) is 3.23. The van der Waals surface area contributed by atoms with Gasteiger partial charge in [0.15, 0.2) is 11.0 Å². The molecule has 1 aromatic carbocycles. The van der Waals surface area contributed by atoms with E-state index in [9.17, 15) is 9.59 Å². The van der Waals surface area contributed by atoms with Crippen LogP contribution in [0.5, 0.6) is 0 Å². The molecule has 3 N–H and O–H groups in total. The molecule has 26 heavy (non-hydrogen) atoms. The van der Waals surface area contributed by atoms with Crippen molar-refractivity contribution in [1.29, 1.82) is 0 Å². The van der Waals surface area contributed by atoms with Crippen molar-refractivity contribution >= 4 is 39.9 Å². The topological polar surface area (TPSA) is 103 Å². The second-order valence-electron chi connectivity index (χ2n) is 5.51. The van der Waals surface area contributed by atoms with Gasteiger partial charge in [-0.3, -0.25) is 9.59 Å². The van der Waals surface area contributed by atoms with E-state index >= 15 is 0 Å². The van der Waals surface area contributed by atoms with Crippen LogP contribution < -0.4 is 11.1 Å². The number of nitrogens with zero attached hydrogens (tertiary/aromatic N) is 3. The summed E-state index contributed by atoms with van der Waals surface area (Å²) < 4.78 is 1.85. The molecule has 0 bridgehead atoms. The zero-order chi connectivity index (χ0) is 18.7. The van der Waals surface area contributed by atoms with Crippen LogP contribution >= 0.6 is 23.1 Å². The molecule has 0 aliphatic rings. The van der Waals surface area contributed by atoms with E-state index in [2.05, 4.69) is 15.5 Å². The number of nitrogens with one attached hydrogen (secondary N) is 1. The Labute approximate surface area is 158 Å². The normalized spacial score (nSPS) is 11.9. The largest absolute Gasteiger partial charge is 0.366 e. The Morgan fingerprint density at radius 1 is 1.23 bits per heavy atom. The van der Waals surface area contributed by atoms with Gasteiger partial charge in [0.2, 0.25) is 5.91 Å². The molecule has 2 amide bonds. The molecule has 0 aliphatic carbocycles. The number of aromatic nitrogens is 3. The number of nitrogens with two attached hydrogens (primary N) is 1. The van der Waals surface area contributed by atoms with Crippen molar-refractivity contribution < 1.29 is 9.59 Å². The number of hydrogen-bond acceptors (Lipinski definition) is 6. The summed E-state index contributed by atoms with van der Waals surface area (Å²) in [6.45, 7) is 1.77. The maximum atomic E-state index is 12.4. The summed E-state index contributed by atoms with van der Waals surface area (Å²) in [6.07, 6.45) is 0. The number of hydrogen-bond donors (Lipinski definition) is 2. The zero-order valence-electron chi connectivity index (χ0n) is 14.2. The second-order valence-corrected chi connectivity index (χ2v) is 7.73. The number of primary amides is 1. The molecule has 0 spiro atoms. The Kier molecular flexibility index (Phi) is 5.38. The van der Waals surface area contributed by atoms with Gasteiger partial charge in [0, 0.05) is 12.6 Å². The van der Waals surface area contributed by atoms with Crippen molar-refractivity contribution in [1.82, 2.24) is 14.8 Å². The first-order valence-electron chi connectivity index (χ1n) is 7.77. The molecule has 0 aliphatic heterocycles. The Hall–Kier alpha value is -2.65. The highest BCUT2D eigenvalue weighted by molar-refractivity contribution is 8.00. The maximum Gasteiger partial charge on any atom is 0.251 e. The molecule has 9 heteroatoms. The smallest absolute Gasteiger partial charge is 0.251 e. The first-order valence-corrected chi connectivity index (χ1v) is 9.53. The number of benzene rings is 1. The number of rotatable bonds is 6. The van der Waals surface area contributed by atoms with Gasteiger partial charge in [0.05, 0.1) is 10.8 Å². The molecule has 0 radical (unpaired) electrons. The highest BCUT2D eigenvalue weighted by atomic mass is 32.2. The summed E-state index contributed by atoms with van der Waals surface area (Å²) in [5.74, 6) is -0.0677. The fourth-order valence-corrected chi connectivity index (χ4v) is 3.89. The number of carbonyl (C=O) groups excluding carboxylic acids is 2. The van der Waals surface area contributed by atoms with Crippen molar-refractivity contribution in [3.05, 3.63) is 47.3 Å². The highest BCUT2D eigenvalue weighted by Gasteiger charge is 2.21. The van der Waals surface area contributed by atoms with E-state index in [-0.39, 0.29) is 5.91 Å². The standard InChI is InChI=1S/C17H17N5O2S2/c1-10(15(24)19-16-12(13(18)23)8-9-25-16)26-17-21-20-14(22(17)2)11-6-4-3-5-7-11/h3-10H,1-2H3,(H2,18,23)(H,19,24)/t10-/m0/s1. The van der Waals surface area contributed by atoms with E-state index in [4.69, 9.17) is 5.73 Å². The van der Waals surface area contributed by atoms with E-state index < -0.39 is 11.2 Å². The van der Waals surface area contributed by atoms with Gasteiger partial charge in [-0.05, 0) is 18.4 Å². The second kappa shape index (κ2) is 7.71. The van der Waals surface area contributed by atoms with Crippen LogP contribution in [0.2, 0.25) is 0 Å². The predicted molar refractivity (Wildman–Crippen MR) is 103 cm³/mol. The lowest BCUT2D eigenvalue weighted by Gasteiger charge is -2.11. The maximum absolute atomic E-state index is 12.4. The molecule has 0 saturated carbocycles. The first kappa shape index (κ1) is 18.2. The molecule has 0 fully saturated rings. The van der Waals surface area contributed by atoms with Gasteiger partial charge in [0.25, 0.3) is 5.91 Å². The molecule has 0 unspecified atom stereocenters. The fraction of sp³-hybridized carbons (Fsp3) is 0.176. The molecule has 2 aromatic heterocycles. The van der Waals surface area contributed by atoms with Gasteiger partial charge in [-0.25, -0.2) is 0 Å². The minimum atomic E-state index is -0.567. The summed E-state index contributed by atoms with van der Waals surface area (Å²) in [4.78, 5) is 23.8. The third-order valence-electron chi connectivity index (χ3n) is 3.69. The van der Waals surface area contributed by atoms with E-state index in [1.165, 1.54) is 23.1 Å². The van der Waals surface area contributed by atoms with Crippen LogP contribution in [0.15, 0.2) is 46.9 Å². The van der Waals surface area contributed by atoms with Crippen LogP contribution in [0.3, 0.4) is 0 Å². The molecule has 7 nitrogen and oxygen atoms in total. The van der Waals surface area contributed by atoms with E-state index in [0.717, 1.165) is 11.4 Å². The molecule has 134 valence electrons. The molecule has 0 saturated heterocycles. The Morgan fingerprint density at radius 3 is 2.65 bits per heavy atom. The van der Waals surface area contributed by atoms with Crippen molar-refractivity contribution in [2.24, 2.45) is 12.8 Å². The van der Waals surface area contributed by atoms with Crippen molar-refractivity contribution in [2.75, 3.05) is 5.32 Å². The van der Waals surface area contributed by atoms with Crippen LogP contribution in [0.1, 0.15) is 17.3 Å². The lowest BCUT2D eigenvalue weighted by atomic mass is 10.2. The number of thioether (sulfide) groups is 1. The third kappa shape index (κ3) is 3.78. The summed E-state index contributed by atoms with van der Waals surface area (Å²) >= 11 is 2.55. The third-order valence-corrected chi connectivity index (χ3v) is 5.65. The Bertz CT molecular complexity index is 936. The summed E-state index contributed by atoms with van der Waals surface area (Å²) in [5, 5.41) is 13.5. The van der Waals surface area contributed by atoms with E-state index in [0.29, 0.717) is 15.7 Å². The predicted octanol–water partition coefficient (Wildman–Crippen LogP) is 2.76. The van der Waals surface area contributed by atoms with Crippen LogP contribution in [0, 0.1) is 0 Å². The Balaban J connectivity index is 1.71. The molecule has 3 rings (SSSR count). The molecular formula is C17H17N5O2S2. The quantitative estimate of drug-likeness (QED) is 0.633. The monoisotopic (exact) mass is 387 g/mol. The lowest BCUT2D eigenvalue weighted by molar-refractivity contribution is -0.115. The van der Waals surface area contributed by atoms with Crippen LogP contribution in [0.4, 0.5) is 5.00 Å². The van der Waals surface area contributed by atoms with Crippen molar-refractivity contribution in [2.45, 2.75) is 17.3 Å². The van der Waals surface area contributed by atoms with Gasteiger partial charge in [-0.15, -0.1) is 21.5 Å². The highest BCUT2D eigenvalue weighted by Crippen LogP contribution is 2.28. The lowest BCUT2D eigenvalue weighted by Crippen LogP contribution is -2.24. The van der Waals surface area contributed by atoms with Gasteiger partial charge < -0.3 is 15.6 Å². The number of thiophene rings is 1. The molecule has 3 aromatic rings. The van der Waals surface area contributed by atoms with E-state index in [1.807, 2.05) is 41.9 Å². The average molecular weight is 387 g/mol. The Morgan fingerprint density at radius 2 is 1.96 bits per heavy atom. The number of anilines is 1. The van der Waals surface area contributed by atoms with Gasteiger partial charge >= 0.3 is 0 Å². The molecule has 1 atom stereocenters. The fourth-order valence-electron chi connectivity index (χ4n) is 2.28. The van der Waals surface area contributed by atoms with Gasteiger partial charge in [-0.2, -0.15) is 0 Å². The molecule has 2 heterocycles. The summed E-state index contributed by atoms with van der Waals surface area (Å²) in [6, 6.07) is 11.3. The minimum Gasteiger partial charge on any atom is -0.366 e. The van der Waals surface area contributed by atoms with Crippen LogP contribution in [0.25, 0.3) is 11.4 Å². The summed E-state index contributed by atoms with van der Waals surface area (Å²) in [7, 11) is 1.86. The summed E-state index contributed by atoms with van der Waals surface area (Å²) in [5.41, 5.74) is 6.57. The zero-order valence-corrected chi connectivity index (χ0v) is 15.8. The number of carbonyl (C=O) groups is 2. The van der Waals surface area contributed by atoms with Crippen molar-refractivity contribution in [3.8, 4) is 11.4 Å². The minimum absolute atomic E-state index is 0.232. The van der Waals surface area contributed by atoms with Crippen LogP contribution in [-0.2, 0) is 11.8 Å². The van der Waals surface area contributed by atoms with Crippen molar-refractivity contribution in [3.63, 3.8) is 0 Å². The SMILES string of the molecule is C[C@H](Sc1nnc(-c2ccccc2)n1C)C(=O)Nc1sccc1C(N)=O. The first-order chi connectivity index (χ1) is 12.5. The molecular weight excluding hydrogens is 370 g/mol. The van der Waals surface area contributed by atoms with Crippen LogP contribution in [-0.4, -0.2) is 31.8 Å². The van der Waals surface area contributed by atoms with Gasteiger partial charge in [0.1, 0.15) is 5.00 Å². The van der Waals surface area contributed by atoms with Gasteiger partial charge in [-0.1, -0.05) is 42.1 Å². The van der Waals surface area contributed by atoms with E-state index in [1.54, 1.807) is 18.4 Å².